The van der Waals surface area contributed by atoms with Crippen molar-refractivity contribution < 1.29 is 4.79 Å². The average molecular weight is 153 g/mol. The standard InChI is InChI=1S/C10H17O/c1-2-3-4-5-9-6-7-10(11)8-9/h2-8H2,1H3. The van der Waals surface area contributed by atoms with Crippen molar-refractivity contribution in [2.75, 3.05) is 0 Å². The highest BCUT2D eigenvalue weighted by Gasteiger charge is 2.21. The molecule has 1 aliphatic carbocycles. The third-order valence-electron chi connectivity index (χ3n) is 2.34. The Morgan fingerprint density at radius 2 is 2.09 bits per heavy atom. The molecule has 1 saturated carbocycles. The zero-order valence-corrected chi connectivity index (χ0v) is 7.36. The Labute approximate surface area is 69.2 Å². The van der Waals surface area contributed by atoms with Crippen LogP contribution in [0.1, 0.15) is 51.9 Å². The van der Waals surface area contributed by atoms with Crippen LogP contribution in [0.2, 0.25) is 0 Å². The van der Waals surface area contributed by atoms with Gasteiger partial charge in [-0.25, -0.2) is 0 Å². The molecule has 0 atom stereocenters. The molecule has 1 nitrogen and oxygen atoms in total. The Morgan fingerprint density at radius 1 is 1.27 bits per heavy atom. The summed E-state index contributed by atoms with van der Waals surface area (Å²) in [5.74, 6) is 1.96. The first kappa shape index (κ1) is 8.76. The molecule has 0 aromatic carbocycles. The number of Topliss-reactive ketones (excluding diaryl/α,β-unsaturated/α-hetero) is 1. The quantitative estimate of drug-likeness (QED) is 0.567. The van der Waals surface area contributed by atoms with E-state index in [1.54, 1.807) is 0 Å². The molecular formula is C10H17O. The normalized spacial score (nSPS) is 19.5. The maximum absolute atomic E-state index is 10.9. The van der Waals surface area contributed by atoms with Crippen molar-refractivity contribution in [2.45, 2.75) is 51.9 Å². The molecule has 0 saturated heterocycles. The van der Waals surface area contributed by atoms with Crippen LogP contribution in [0.5, 0.6) is 0 Å². The summed E-state index contributed by atoms with van der Waals surface area (Å²) < 4.78 is 0. The molecule has 0 heterocycles. The van der Waals surface area contributed by atoms with E-state index in [4.69, 9.17) is 0 Å². The van der Waals surface area contributed by atoms with Gasteiger partial charge in [0.1, 0.15) is 5.78 Å². The Balaban J connectivity index is 2.04. The molecule has 0 unspecified atom stereocenters. The van der Waals surface area contributed by atoms with Gasteiger partial charge in [0.15, 0.2) is 0 Å². The third kappa shape index (κ3) is 3.04. The number of carbonyl (C=O) groups excluding carboxylic acids is 1. The summed E-state index contributed by atoms with van der Waals surface area (Å²) in [5, 5.41) is 0. The first-order valence-corrected chi connectivity index (χ1v) is 4.68. The van der Waals surface area contributed by atoms with Crippen molar-refractivity contribution >= 4 is 5.78 Å². The van der Waals surface area contributed by atoms with E-state index in [1.807, 2.05) is 0 Å². The number of rotatable bonds is 4. The second-order valence-corrected chi connectivity index (χ2v) is 3.42. The summed E-state index contributed by atoms with van der Waals surface area (Å²) in [4.78, 5) is 10.9. The fourth-order valence-electron chi connectivity index (χ4n) is 1.61. The van der Waals surface area contributed by atoms with E-state index < -0.39 is 0 Å². The van der Waals surface area contributed by atoms with Crippen LogP contribution in [0.3, 0.4) is 0 Å². The van der Waals surface area contributed by atoms with Crippen LogP contribution in [0.15, 0.2) is 0 Å². The lowest BCUT2D eigenvalue weighted by atomic mass is 10.0. The van der Waals surface area contributed by atoms with E-state index in [2.05, 4.69) is 6.92 Å². The summed E-state index contributed by atoms with van der Waals surface area (Å²) in [6.07, 6.45) is 7.80. The minimum Gasteiger partial charge on any atom is -0.300 e. The topological polar surface area (TPSA) is 17.1 Å². The molecule has 0 aromatic rings. The van der Waals surface area contributed by atoms with Crippen LogP contribution >= 0.6 is 0 Å². The summed E-state index contributed by atoms with van der Waals surface area (Å²) in [5.41, 5.74) is 0. The molecule has 1 rings (SSSR count). The van der Waals surface area contributed by atoms with Gasteiger partial charge < -0.3 is 0 Å². The smallest absolute Gasteiger partial charge is 0.133 e. The van der Waals surface area contributed by atoms with Crippen molar-refractivity contribution in [3.63, 3.8) is 0 Å². The average Bonchev–Trinajstić information content (AvgIpc) is 2.37. The van der Waals surface area contributed by atoms with E-state index in [0.29, 0.717) is 5.78 Å². The zero-order chi connectivity index (χ0) is 8.10. The predicted molar refractivity (Wildman–Crippen MR) is 46.2 cm³/mol. The molecule has 0 spiro atoms. The lowest BCUT2D eigenvalue weighted by molar-refractivity contribution is -0.117. The van der Waals surface area contributed by atoms with Gasteiger partial charge in [0.25, 0.3) is 0 Å². The zero-order valence-electron chi connectivity index (χ0n) is 7.36. The molecule has 0 aromatic heterocycles. The maximum atomic E-state index is 10.9. The van der Waals surface area contributed by atoms with Crippen molar-refractivity contribution in [2.24, 2.45) is 0 Å². The number of hydrogen-bond acceptors (Lipinski definition) is 1. The van der Waals surface area contributed by atoms with Gasteiger partial charge in [0.05, 0.1) is 0 Å². The Hall–Kier alpha value is -0.330. The molecule has 63 valence electrons. The molecule has 0 amide bonds. The van der Waals surface area contributed by atoms with Crippen molar-refractivity contribution in [3.8, 4) is 0 Å². The fraction of sp³-hybridized carbons (Fsp3) is 0.800. The number of hydrogen-bond donors (Lipinski definition) is 0. The second kappa shape index (κ2) is 4.53. The molecule has 0 aliphatic heterocycles. The van der Waals surface area contributed by atoms with Crippen LogP contribution in [0.4, 0.5) is 0 Å². The molecule has 1 fully saturated rings. The largest absolute Gasteiger partial charge is 0.300 e. The van der Waals surface area contributed by atoms with Gasteiger partial charge in [-0.1, -0.05) is 26.2 Å². The second-order valence-electron chi connectivity index (χ2n) is 3.42. The highest BCUT2D eigenvalue weighted by molar-refractivity contribution is 5.83. The highest BCUT2D eigenvalue weighted by Crippen LogP contribution is 2.28. The SMILES string of the molecule is CCCCC[C]1CCC(=O)C1. The summed E-state index contributed by atoms with van der Waals surface area (Å²) in [7, 11) is 0. The number of ketones is 1. The molecule has 0 bridgehead atoms. The molecule has 1 heteroatoms. The summed E-state index contributed by atoms with van der Waals surface area (Å²) in [6, 6.07) is 0. The Bertz CT molecular complexity index is 129. The third-order valence-corrected chi connectivity index (χ3v) is 2.34. The van der Waals surface area contributed by atoms with Crippen molar-refractivity contribution in [3.05, 3.63) is 5.92 Å². The minimum atomic E-state index is 0.455. The van der Waals surface area contributed by atoms with Gasteiger partial charge in [-0.3, -0.25) is 4.79 Å². The molecule has 1 radical (unpaired) electrons. The molecule has 11 heavy (non-hydrogen) atoms. The van der Waals surface area contributed by atoms with Gasteiger partial charge in [-0.15, -0.1) is 0 Å². The van der Waals surface area contributed by atoms with Gasteiger partial charge >= 0.3 is 0 Å². The van der Waals surface area contributed by atoms with Crippen LogP contribution < -0.4 is 0 Å². The maximum Gasteiger partial charge on any atom is 0.133 e. The van der Waals surface area contributed by atoms with Crippen LogP contribution in [0, 0.1) is 5.92 Å². The Kier molecular flexibility index (Phi) is 3.61. The first-order chi connectivity index (χ1) is 5.33. The molecule has 0 N–H and O–H groups in total. The monoisotopic (exact) mass is 153 g/mol. The van der Waals surface area contributed by atoms with E-state index >= 15 is 0 Å². The molecular weight excluding hydrogens is 136 g/mol. The summed E-state index contributed by atoms with van der Waals surface area (Å²) in [6.45, 7) is 2.21. The van der Waals surface area contributed by atoms with Gasteiger partial charge in [0, 0.05) is 12.8 Å². The highest BCUT2D eigenvalue weighted by atomic mass is 16.1. The van der Waals surface area contributed by atoms with Crippen LogP contribution in [0.25, 0.3) is 0 Å². The van der Waals surface area contributed by atoms with Crippen molar-refractivity contribution in [1.82, 2.24) is 0 Å². The van der Waals surface area contributed by atoms with Crippen molar-refractivity contribution in [1.29, 1.82) is 0 Å². The minimum absolute atomic E-state index is 0.455. The van der Waals surface area contributed by atoms with E-state index in [9.17, 15) is 4.79 Å². The van der Waals surface area contributed by atoms with Gasteiger partial charge in [0.2, 0.25) is 0 Å². The Morgan fingerprint density at radius 3 is 2.64 bits per heavy atom. The van der Waals surface area contributed by atoms with Crippen LogP contribution in [-0.2, 0) is 4.79 Å². The molecule has 1 aliphatic rings. The van der Waals surface area contributed by atoms with Gasteiger partial charge in [-0.2, -0.15) is 0 Å². The van der Waals surface area contributed by atoms with Crippen LogP contribution in [-0.4, -0.2) is 5.78 Å². The first-order valence-electron chi connectivity index (χ1n) is 4.68. The summed E-state index contributed by atoms with van der Waals surface area (Å²) >= 11 is 0. The lowest BCUT2D eigenvalue weighted by Gasteiger charge is -2.04. The fourth-order valence-corrected chi connectivity index (χ4v) is 1.61. The predicted octanol–water partition coefficient (Wildman–Crippen LogP) is 2.89. The van der Waals surface area contributed by atoms with E-state index in [1.165, 1.54) is 31.6 Å². The van der Waals surface area contributed by atoms with E-state index in [-0.39, 0.29) is 0 Å². The lowest BCUT2D eigenvalue weighted by Crippen LogP contribution is -1.92. The van der Waals surface area contributed by atoms with Gasteiger partial charge in [-0.05, 0) is 18.8 Å². The number of carbonyl (C=O) groups is 1. The number of unbranched alkanes of at least 4 members (excludes halogenated alkanes) is 2. The van der Waals surface area contributed by atoms with E-state index in [0.717, 1.165) is 19.3 Å².